The fraction of sp³-hybridized carbons (Fsp3) is 0.107. The summed E-state index contributed by atoms with van der Waals surface area (Å²) in [4.78, 5) is 2.51. The van der Waals surface area contributed by atoms with Crippen LogP contribution in [0.4, 0.5) is 17.1 Å². The molecule has 0 N–H and O–H groups in total. The molecule has 10 aromatic rings. The Hall–Kier alpha value is -6.90. The molecule has 12 rings (SSSR count). The van der Waals surface area contributed by atoms with Crippen LogP contribution in [0.1, 0.15) is 49.9 Å². The maximum absolute atomic E-state index is 6.89. The molecule has 0 radical (unpaired) electrons. The highest BCUT2D eigenvalue weighted by Crippen LogP contribution is 2.54. The lowest BCUT2D eigenvalue weighted by molar-refractivity contribution is 0.660. The van der Waals surface area contributed by atoms with Crippen LogP contribution in [0.5, 0.6) is 0 Å². The van der Waals surface area contributed by atoms with Crippen LogP contribution >= 0.6 is 0 Å². The van der Waals surface area contributed by atoms with Gasteiger partial charge in [-0.2, -0.15) is 0 Å². The topological polar surface area (TPSA) is 16.4 Å². The van der Waals surface area contributed by atoms with Gasteiger partial charge in [0.05, 0.1) is 5.69 Å². The first kappa shape index (κ1) is 33.3. The molecule has 58 heavy (non-hydrogen) atoms. The third-order valence-corrected chi connectivity index (χ3v) is 13.4. The zero-order chi connectivity index (χ0) is 38.9. The summed E-state index contributed by atoms with van der Waals surface area (Å²) < 4.78 is 6.89. The van der Waals surface area contributed by atoms with Crippen LogP contribution in [-0.2, 0) is 10.8 Å². The van der Waals surface area contributed by atoms with E-state index in [1.54, 1.807) is 0 Å². The van der Waals surface area contributed by atoms with Gasteiger partial charge in [0.25, 0.3) is 0 Å². The average molecular weight is 744 g/mol. The lowest BCUT2D eigenvalue weighted by atomic mass is 9.82. The van der Waals surface area contributed by atoms with Gasteiger partial charge in [-0.25, -0.2) is 0 Å². The SMILES string of the molecule is CC1(C)c2ccccc2-c2ccc(N(c3ccc4c(c3)C(C)(C)c3ccccc3-4)c3cc4c(oc5cccc(-c6ccc7ccccc7c6)c54)c4ccccc34)cc21. The Morgan fingerprint density at radius 3 is 1.62 bits per heavy atom. The molecule has 0 aliphatic heterocycles. The van der Waals surface area contributed by atoms with E-state index in [1.807, 2.05) is 0 Å². The quantitative estimate of drug-likeness (QED) is 0.178. The fourth-order valence-corrected chi connectivity index (χ4v) is 10.5. The minimum absolute atomic E-state index is 0.142. The molecular weight excluding hydrogens is 703 g/mol. The third-order valence-electron chi connectivity index (χ3n) is 13.4. The van der Waals surface area contributed by atoms with Crippen LogP contribution in [-0.4, -0.2) is 0 Å². The number of fused-ring (bicyclic) bond motifs is 12. The zero-order valence-corrected chi connectivity index (χ0v) is 33.1. The number of furan rings is 1. The van der Waals surface area contributed by atoms with Gasteiger partial charge in [-0.15, -0.1) is 0 Å². The predicted molar refractivity (Wildman–Crippen MR) is 244 cm³/mol. The molecule has 2 aliphatic rings. The van der Waals surface area contributed by atoms with E-state index >= 15 is 0 Å². The summed E-state index contributed by atoms with van der Waals surface area (Å²) in [6, 6.07) is 65.1. The zero-order valence-electron chi connectivity index (χ0n) is 33.1. The lowest BCUT2D eigenvalue weighted by Gasteiger charge is -2.30. The molecule has 0 bridgehead atoms. The standard InChI is InChI=1S/C56H41NO/c1-55(2)47-21-11-9-16-40(47)42-28-26-37(31-49(42)55)57(38-27-29-43-41-17-10-12-22-48(41)56(3,4)50(43)32-38)51-33-46-53-39(36-25-24-34-14-5-6-15-35(34)30-36)20-13-23-52(53)58-54(46)45-19-8-7-18-44(45)51/h5-33H,1-4H3. The maximum Gasteiger partial charge on any atom is 0.143 e. The normalized spacial score (nSPS) is 14.5. The Labute approximate surface area is 338 Å². The van der Waals surface area contributed by atoms with E-state index in [9.17, 15) is 0 Å². The van der Waals surface area contributed by atoms with E-state index in [0.717, 1.165) is 49.8 Å². The van der Waals surface area contributed by atoms with Gasteiger partial charge in [0.1, 0.15) is 11.2 Å². The second kappa shape index (κ2) is 11.8. The summed E-state index contributed by atoms with van der Waals surface area (Å²) in [6.45, 7) is 9.48. The summed E-state index contributed by atoms with van der Waals surface area (Å²) in [5.74, 6) is 0. The van der Waals surface area contributed by atoms with Crippen LogP contribution in [0.2, 0.25) is 0 Å². The van der Waals surface area contributed by atoms with Crippen LogP contribution in [0.3, 0.4) is 0 Å². The van der Waals surface area contributed by atoms with Gasteiger partial charge >= 0.3 is 0 Å². The Balaban J connectivity index is 1.15. The minimum Gasteiger partial charge on any atom is -0.455 e. The number of rotatable bonds is 4. The van der Waals surface area contributed by atoms with Gasteiger partial charge in [0.15, 0.2) is 0 Å². The van der Waals surface area contributed by atoms with Crippen molar-refractivity contribution in [3.05, 3.63) is 198 Å². The summed E-state index contributed by atoms with van der Waals surface area (Å²) in [5.41, 5.74) is 18.0. The van der Waals surface area contributed by atoms with Crippen molar-refractivity contribution in [2.45, 2.75) is 38.5 Å². The molecule has 9 aromatic carbocycles. The van der Waals surface area contributed by atoms with Crippen molar-refractivity contribution in [3.8, 4) is 33.4 Å². The number of benzene rings is 9. The first-order valence-electron chi connectivity index (χ1n) is 20.4. The van der Waals surface area contributed by atoms with Crippen molar-refractivity contribution in [3.63, 3.8) is 0 Å². The summed E-state index contributed by atoms with van der Waals surface area (Å²) in [5, 5.41) is 6.96. The largest absolute Gasteiger partial charge is 0.455 e. The molecular formula is C56H41NO. The summed E-state index contributed by atoms with van der Waals surface area (Å²) in [6.07, 6.45) is 0. The van der Waals surface area contributed by atoms with E-state index in [4.69, 9.17) is 4.42 Å². The molecule has 0 fully saturated rings. The first-order chi connectivity index (χ1) is 28.3. The van der Waals surface area contributed by atoms with Crippen LogP contribution < -0.4 is 4.90 Å². The van der Waals surface area contributed by atoms with E-state index in [-0.39, 0.29) is 10.8 Å². The van der Waals surface area contributed by atoms with E-state index in [1.165, 1.54) is 66.4 Å². The molecule has 2 heteroatoms. The van der Waals surface area contributed by atoms with Gasteiger partial charge in [-0.3, -0.25) is 0 Å². The first-order valence-corrected chi connectivity index (χ1v) is 20.4. The van der Waals surface area contributed by atoms with Crippen LogP contribution in [0.25, 0.3) is 76.9 Å². The number of nitrogens with zero attached hydrogens (tertiary/aromatic N) is 1. The molecule has 1 heterocycles. The van der Waals surface area contributed by atoms with Gasteiger partial charge < -0.3 is 9.32 Å². The minimum atomic E-state index is -0.142. The number of hydrogen-bond donors (Lipinski definition) is 0. The molecule has 0 spiro atoms. The molecule has 2 aliphatic carbocycles. The molecule has 1 aromatic heterocycles. The van der Waals surface area contributed by atoms with Gasteiger partial charge in [0, 0.05) is 43.7 Å². The Morgan fingerprint density at radius 2 is 0.948 bits per heavy atom. The molecule has 276 valence electrons. The number of anilines is 3. The average Bonchev–Trinajstić information content (AvgIpc) is 3.83. The van der Waals surface area contributed by atoms with Gasteiger partial charge in [-0.05, 0) is 109 Å². The molecule has 2 nitrogen and oxygen atoms in total. The summed E-state index contributed by atoms with van der Waals surface area (Å²) in [7, 11) is 0. The maximum atomic E-state index is 6.89. The van der Waals surface area contributed by atoms with Crippen molar-refractivity contribution in [1.29, 1.82) is 0 Å². The second-order valence-electron chi connectivity index (χ2n) is 17.3. The molecule has 0 saturated carbocycles. The Bertz CT molecular complexity index is 3250. The van der Waals surface area contributed by atoms with Gasteiger partial charge in [-0.1, -0.05) is 161 Å². The van der Waals surface area contributed by atoms with Crippen LogP contribution in [0, 0.1) is 0 Å². The van der Waals surface area contributed by atoms with Crippen LogP contribution in [0.15, 0.2) is 180 Å². The Morgan fingerprint density at radius 1 is 0.397 bits per heavy atom. The molecule has 0 saturated heterocycles. The second-order valence-corrected chi connectivity index (χ2v) is 17.3. The predicted octanol–water partition coefficient (Wildman–Crippen LogP) is 15.6. The smallest absolute Gasteiger partial charge is 0.143 e. The molecule has 0 atom stereocenters. The van der Waals surface area contributed by atoms with E-state index in [0.29, 0.717) is 0 Å². The van der Waals surface area contributed by atoms with Crippen molar-refractivity contribution < 1.29 is 4.42 Å². The number of hydrogen-bond acceptors (Lipinski definition) is 2. The van der Waals surface area contributed by atoms with Crippen molar-refractivity contribution >= 4 is 60.5 Å². The highest BCUT2D eigenvalue weighted by molar-refractivity contribution is 6.22. The molecule has 0 unspecified atom stereocenters. The third kappa shape index (κ3) is 4.54. The summed E-state index contributed by atoms with van der Waals surface area (Å²) >= 11 is 0. The lowest BCUT2D eigenvalue weighted by Crippen LogP contribution is -2.18. The molecule has 0 amide bonds. The van der Waals surface area contributed by atoms with Crippen molar-refractivity contribution in [1.82, 2.24) is 0 Å². The van der Waals surface area contributed by atoms with Crippen molar-refractivity contribution in [2.24, 2.45) is 0 Å². The Kier molecular flexibility index (Phi) is 6.78. The highest BCUT2D eigenvalue weighted by Gasteiger charge is 2.38. The van der Waals surface area contributed by atoms with Crippen molar-refractivity contribution in [2.75, 3.05) is 4.90 Å². The highest BCUT2D eigenvalue weighted by atomic mass is 16.3. The fourth-order valence-electron chi connectivity index (χ4n) is 10.5. The van der Waals surface area contributed by atoms with E-state index < -0.39 is 0 Å². The monoisotopic (exact) mass is 743 g/mol. The van der Waals surface area contributed by atoms with Gasteiger partial charge in [0.2, 0.25) is 0 Å². The van der Waals surface area contributed by atoms with E-state index in [2.05, 4.69) is 209 Å².